The van der Waals surface area contributed by atoms with E-state index in [0.717, 1.165) is 11.4 Å². The molecule has 6 N–H and O–H groups in total. The number of guanidine groups is 2. The van der Waals surface area contributed by atoms with E-state index in [0.29, 0.717) is 36.4 Å². The summed E-state index contributed by atoms with van der Waals surface area (Å²) < 4.78 is 0. The monoisotopic (exact) mass is 401 g/mol. The van der Waals surface area contributed by atoms with Crippen LogP contribution in [0.1, 0.15) is 12.1 Å². The zero-order valence-corrected chi connectivity index (χ0v) is 15.4. The minimum absolute atomic E-state index is 0.0236. The van der Waals surface area contributed by atoms with Gasteiger partial charge >= 0.3 is 0 Å². The Morgan fingerprint density at radius 3 is 3.08 bits per heavy atom. The van der Waals surface area contributed by atoms with Crippen LogP contribution < -0.4 is 22.1 Å². The quantitative estimate of drug-likeness (QED) is 0.0740. The smallest absolute Gasteiger partial charge is 0.294 e. The summed E-state index contributed by atoms with van der Waals surface area (Å²) in [7, 11) is 0. The van der Waals surface area contributed by atoms with Crippen LogP contribution >= 0.6 is 23.1 Å². The number of nitrogens with zero attached hydrogens (tertiary/aromatic N) is 5. The summed E-state index contributed by atoms with van der Waals surface area (Å²) in [6, 6.07) is 0. The van der Waals surface area contributed by atoms with E-state index in [2.05, 4.69) is 30.4 Å². The molecule has 0 saturated heterocycles. The normalized spacial score (nSPS) is 10.7. The van der Waals surface area contributed by atoms with Gasteiger partial charge < -0.3 is 21.6 Å². The van der Waals surface area contributed by atoms with E-state index in [-0.39, 0.29) is 12.6 Å². The lowest BCUT2D eigenvalue weighted by Gasteiger charge is -2.07. The zero-order valence-electron chi connectivity index (χ0n) is 13.8. The summed E-state index contributed by atoms with van der Waals surface area (Å²) in [6.07, 6.45) is 2.15. The van der Waals surface area contributed by atoms with Gasteiger partial charge in [-0.1, -0.05) is 0 Å². The molecule has 26 heavy (non-hydrogen) atoms. The predicted octanol–water partition coefficient (Wildman–Crippen LogP) is -0.104. The summed E-state index contributed by atoms with van der Waals surface area (Å²) >= 11 is 3.01. The number of thiazole rings is 1. The van der Waals surface area contributed by atoms with Gasteiger partial charge in [-0.3, -0.25) is 10.3 Å². The van der Waals surface area contributed by atoms with Gasteiger partial charge in [0.1, 0.15) is 0 Å². The lowest BCUT2D eigenvalue weighted by atomic mass is 10.5. The van der Waals surface area contributed by atoms with Crippen LogP contribution in [0.5, 0.6) is 0 Å². The van der Waals surface area contributed by atoms with Gasteiger partial charge in [0.05, 0.1) is 12.3 Å². The lowest BCUT2D eigenvalue weighted by Crippen LogP contribution is -2.36. The number of thioether (sulfide) groups is 1. The van der Waals surface area contributed by atoms with Crippen LogP contribution in [0.3, 0.4) is 0 Å². The topological polar surface area (TPSA) is 190 Å². The van der Waals surface area contributed by atoms with Crippen molar-refractivity contribution < 1.29 is 9.92 Å². The Bertz CT molecular complexity index is 667. The molecule has 0 aliphatic heterocycles. The largest absolute Gasteiger partial charge is 0.370 e. The van der Waals surface area contributed by atoms with Crippen LogP contribution in [0, 0.1) is 21.6 Å². The molecule has 0 aliphatic rings. The van der Waals surface area contributed by atoms with Gasteiger partial charge in [0.2, 0.25) is 11.1 Å². The summed E-state index contributed by atoms with van der Waals surface area (Å²) in [4.78, 5) is 26.4. The highest BCUT2D eigenvalue weighted by molar-refractivity contribution is 7.98. The van der Waals surface area contributed by atoms with Crippen LogP contribution in [-0.2, 0) is 10.6 Å². The molecule has 0 atom stereocenters. The van der Waals surface area contributed by atoms with Crippen molar-refractivity contribution in [2.75, 3.05) is 25.4 Å². The maximum atomic E-state index is 10.0. The second kappa shape index (κ2) is 12.6. The molecule has 0 fully saturated rings. The highest BCUT2D eigenvalue weighted by atomic mass is 32.2. The second-order valence-corrected chi connectivity index (χ2v) is 6.46. The van der Waals surface area contributed by atoms with Crippen molar-refractivity contribution in [2.24, 2.45) is 21.5 Å². The van der Waals surface area contributed by atoms with Gasteiger partial charge in [-0.2, -0.15) is 22.0 Å². The van der Waals surface area contributed by atoms with Gasteiger partial charge in [0, 0.05) is 30.0 Å². The molecule has 1 aromatic rings. The van der Waals surface area contributed by atoms with Gasteiger partial charge in [0.25, 0.3) is 5.09 Å². The molecule has 0 aromatic carbocycles. The third-order valence-corrected chi connectivity index (χ3v) is 4.27. The summed E-state index contributed by atoms with van der Waals surface area (Å²) in [6.45, 7) is 0.834. The average molecular weight is 401 g/mol. The number of rotatable bonds is 11. The molecule has 0 saturated carbocycles. The summed E-state index contributed by atoms with van der Waals surface area (Å²) in [5.74, 6) is 1.75. The van der Waals surface area contributed by atoms with Crippen LogP contribution in [-0.4, -0.2) is 47.4 Å². The summed E-state index contributed by atoms with van der Waals surface area (Å²) in [5.41, 5.74) is 11.5. The van der Waals surface area contributed by atoms with E-state index < -0.39 is 5.09 Å². The minimum atomic E-state index is -0.851. The molecule has 0 unspecified atom stereocenters. The van der Waals surface area contributed by atoms with Crippen LogP contribution in [0.25, 0.3) is 0 Å². The number of aliphatic imine (C=N–C) groups is 2. The predicted molar refractivity (Wildman–Crippen MR) is 100 cm³/mol. The number of nitrogens with two attached hydrogens (primary N) is 2. The van der Waals surface area contributed by atoms with Crippen molar-refractivity contribution >= 4 is 40.1 Å². The Kier molecular flexibility index (Phi) is 10.3. The fraction of sp³-hybridized carbons (Fsp3) is 0.500. The van der Waals surface area contributed by atoms with E-state index in [1.807, 2.05) is 5.38 Å². The van der Waals surface area contributed by atoms with Crippen LogP contribution in [0.4, 0.5) is 5.13 Å². The Labute approximate surface area is 157 Å². The fourth-order valence-corrected chi connectivity index (χ4v) is 3.09. The summed E-state index contributed by atoms with van der Waals surface area (Å²) in [5, 5.41) is 25.7. The first-order chi connectivity index (χ1) is 12.5. The number of hydrogen-bond donors (Lipinski definition) is 4. The first-order valence-electron chi connectivity index (χ1n) is 7.33. The molecule has 0 amide bonds. The Morgan fingerprint density at radius 2 is 2.38 bits per heavy atom. The molecule has 14 heteroatoms. The fourth-order valence-electron chi connectivity index (χ4n) is 1.53. The zero-order chi connectivity index (χ0) is 19.2. The van der Waals surface area contributed by atoms with Crippen molar-refractivity contribution in [3.8, 4) is 6.19 Å². The Morgan fingerprint density at radius 1 is 1.58 bits per heavy atom. The van der Waals surface area contributed by atoms with Gasteiger partial charge in [-0.05, 0) is 6.42 Å². The van der Waals surface area contributed by atoms with Crippen LogP contribution in [0.15, 0.2) is 15.4 Å². The molecule has 1 rings (SSSR count). The number of hydrogen-bond acceptors (Lipinski definition) is 9. The molecule has 142 valence electrons. The Hall–Kier alpha value is -2.79. The third kappa shape index (κ3) is 10.2. The SMILES string of the molecule is N#CNC(=NCCCO[N+](=O)[O-])NCCSCc1csc(N=C(N)N)n1. The highest BCUT2D eigenvalue weighted by Crippen LogP contribution is 2.21. The first kappa shape index (κ1) is 21.3. The lowest BCUT2D eigenvalue weighted by molar-refractivity contribution is -0.757. The maximum Gasteiger partial charge on any atom is 0.294 e. The maximum absolute atomic E-state index is 10.0. The van der Waals surface area contributed by atoms with E-state index in [1.165, 1.54) is 11.3 Å². The molecule has 1 heterocycles. The Balaban J connectivity index is 2.24. The molecule has 12 nitrogen and oxygen atoms in total. The second-order valence-electron chi connectivity index (χ2n) is 4.51. The first-order valence-corrected chi connectivity index (χ1v) is 9.37. The number of nitriles is 1. The number of nitrogens with one attached hydrogen (secondary N) is 2. The van der Waals surface area contributed by atoms with Crippen molar-refractivity contribution in [3.63, 3.8) is 0 Å². The molecule has 0 spiro atoms. The van der Waals surface area contributed by atoms with Crippen molar-refractivity contribution in [3.05, 3.63) is 21.2 Å². The average Bonchev–Trinajstić information content (AvgIpc) is 3.00. The molecule has 0 radical (unpaired) electrons. The highest BCUT2D eigenvalue weighted by Gasteiger charge is 2.02. The molecule has 1 aromatic heterocycles. The molecular weight excluding hydrogens is 382 g/mol. The van der Waals surface area contributed by atoms with E-state index >= 15 is 0 Å². The molecular formula is C12H19N9O3S2. The molecule has 0 aliphatic carbocycles. The van der Waals surface area contributed by atoms with Crippen LogP contribution in [0.2, 0.25) is 0 Å². The molecule has 0 bridgehead atoms. The van der Waals surface area contributed by atoms with Gasteiger partial charge in [-0.15, -0.1) is 21.5 Å². The van der Waals surface area contributed by atoms with Gasteiger partial charge in [0.15, 0.2) is 12.2 Å². The minimum Gasteiger partial charge on any atom is -0.370 e. The third-order valence-electron chi connectivity index (χ3n) is 2.50. The van der Waals surface area contributed by atoms with E-state index in [9.17, 15) is 10.1 Å². The van der Waals surface area contributed by atoms with E-state index in [1.54, 1.807) is 18.0 Å². The van der Waals surface area contributed by atoms with Gasteiger partial charge in [-0.25, -0.2) is 4.98 Å². The number of aromatic nitrogens is 1. The van der Waals surface area contributed by atoms with Crippen molar-refractivity contribution in [1.82, 2.24) is 15.6 Å². The van der Waals surface area contributed by atoms with Crippen molar-refractivity contribution in [2.45, 2.75) is 12.2 Å². The standard InChI is InChI=1S/C12H19N9O3S2/c13-8-18-11(16-2-1-4-24-21(22)23)17-3-5-25-6-9-7-26-12(19-9)20-10(14)15/h7H,1-6H2,(H2,16,17,18)(H4,14,15,19,20). The van der Waals surface area contributed by atoms with E-state index in [4.69, 9.17) is 16.7 Å². The van der Waals surface area contributed by atoms with Crippen molar-refractivity contribution in [1.29, 1.82) is 5.26 Å².